The second-order valence-corrected chi connectivity index (χ2v) is 7.23. The summed E-state index contributed by atoms with van der Waals surface area (Å²) < 4.78 is 16.2. The van der Waals surface area contributed by atoms with Crippen LogP contribution >= 0.6 is 11.3 Å². The van der Waals surface area contributed by atoms with E-state index in [-0.39, 0.29) is 12.5 Å². The predicted molar refractivity (Wildman–Crippen MR) is 112 cm³/mol. The van der Waals surface area contributed by atoms with Gasteiger partial charge in [-0.05, 0) is 47.3 Å². The van der Waals surface area contributed by atoms with Crippen molar-refractivity contribution in [2.45, 2.75) is 6.61 Å². The second-order valence-electron chi connectivity index (χ2n) is 6.28. The maximum Gasteiger partial charge on any atom is 0.337 e. The highest BCUT2D eigenvalue weighted by Crippen LogP contribution is 2.35. The molecule has 3 heterocycles. The first-order valence-corrected chi connectivity index (χ1v) is 9.90. The normalized spacial score (nSPS) is 10.4. The third-order valence-electron chi connectivity index (χ3n) is 4.41. The number of hydrogen-bond donors (Lipinski definition) is 0. The van der Waals surface area contributed by atoms with Crippen LogP contribution in [0.1, 0.15) is 21.5 Å². The van der Waals surface area contributed by atoms with E-state index in [4.69, 9.17) is 13.9 Å². The highest BCUT2D eigenvalue weighted by atomic mass is 32.1. The fraction of sp³-hybridized carbons (Fsp3) is 0.0870. The predicted octanol–water partition coefficient (Wildman–Crippen LogP) is 5.31. The van der Waals surface area contributed by atoms with Gasteiger partial charge in [-0.2, -0.15) is 5.26 Å². The Hall–Kier alpha value is -3.89. The standard InChI is InChI=1S/C23H16N2O4S/c1-27-23(26)16-8-6-15(7-9-16)14-29-22-18(13-24)17(20-4-2-10-28-20)12-19(25-22)21-5-3-11-30-21/h2-12H,14H2,1H3. The molecule has 6 nitrogen and oxygen atoms in total. The molecule has 148 valence electrons. The molecule has 0 saturated carbocycles. The highest BCUT2D eigenvalue weighted by molar-refractivity contribution is 7.13. The Morgan fingerprint density at radius 2 is 2.03 bits per heavy atom. The lowest BCUT2D eigenvalue weighted by molar-refractivity contribution is 0.0600. The largest absolute Gasteiger partial charge is 0.472 e. The molecule has 0 radical (unpaired) electrons. The van der Waals surface area contributed by atoms with Crippen LogP contribution in [0.25, 0.3) is 21.9 Å². The Morgan fingerprint density at radius 3 is 2.67 bits per heavy atom. The van der Waals surface area contributed by atoms with E-state index in [0.717, 1.165) is 10.4 Å². The summed E-state index contributed by atoms with van der Waals surface area (Å²) in [7, 11) is 1.34. The summed E-state index contributed by atoms with van der Waals surface area (Å²) in [6.07, 6.45) is 1.56. The zero-order chi connectivity index (χ0) is 20.9. The first-order valence-electron chi connectivity index (χ1n) is 9.02. The van der Waals surface area contributed by atoms with Crippen LogP contribution < -0.4 is 4.74 Å². The molecule has 0 saturated heterocycles. The molecule has 4 aromatic rings. The third kappa shape index (κ3) is 3.95. The molecule has 0 aliphatic rings. The van der Waals surface area contributed by atoms with Crippen molar-refractivity contribution in [1.82, 2.24) is 4.98 Å². The summed E-state index contributed by atoms with van der Waals surface area (Å²) in [5.74, 6) is 0.397. The van der Waals surface area contributed by atoms with Gasteiger partial charge in [0.2, 0.25) is 5.88 Å². The van der Waals surface area contributed by atoms with E-state index in [9.17, 15) is 10.1 Å². The Balaban J connectivity index is 1.68. The van der Waals surface area contributed by atoms with E-state index >= 15 is 0 Å². The summed E-state index contributed by atoms with van der Waals surface area (Å²) in [6, 6.07) is 18.4. The van der Waals surface area contributed by atoms with Crippen LogP contribution in [0.15, 0.2) is 70.7 Å². The fourth-order valence-electron chi connectivity index (χ4n) is 2.92. The van der Waals surface area contributed by atoms with Gasteiger partial charge in [0.25, 0.3) is 0 Å². The van der Waals surface area contributed by atoms with Crippen LogP contribution in [0, 0.1) is 11.3 Å². The molecule has 7 heteroatoms. The number of thiophene rings is 1. The number of furan rings is 1. The quantitative estimate of drug-likeness (QED) is 0.396. The average molecular weight is 416 g/mol. The molecular formula is C23H16N2O4S. The van der Waals surface area contributed by atoms with Crippen LogP contribution in [-0.2, 0) is 11.3 Å². The fourth-order valence-corrected chi connectivity index (χ4v) is 3.60. The number of pyridine rings is 1. The third-order valence-corrected chi connectivity index (χ3v) is 5.30. The Labute approximate surface area is 176 Å². The number of ether oxygens (including phenoxy) is 2. The summed E-state index contributed by atoms with van der Waals surface area (Å²) >= 11 is 1.55. The van der Waals surface area contributed by atoms with Gasteiger partial charge in [0.1, 0.15) is 24.0 Å². The Bertz CT molecular complexity index is 1190. The number of carbonyl (C=O) groups is 1. The zero-order valence-corrected chi connectivity index (χ0v) is 16.8. The smallest absolute Gasteiger partial charge is 0.337 e. The average Bonchev–Trinajstić information content (AvgIpc) is 3.51. The molecular weight excluding hydrogens is 400 g/mol. The van der Waals surface area contributed by atoms with E-state index in [0.29, 0.717) is 28.1 Å². The van der Waals surface area contributed by atoms with Crippen molar-refractivity contribution in [3.63, 3.8) is 0 Å². The molecule has 0 fully saturated rings. The van der Waals surface area contributed by atoms with E-state index in [2.05, 4.69) is 11.1 Å². The Morgan fingerprint density at radius 1 is 1.20 bits per heavy atom. The maximum atomic E-state index is 11.6. The number of carbonyl (C=O) groups excluding carboxylic acids is 1. The van der Waals surface area contributed by atoms with Gasteiger partial charge in [-0.3, -0.25) is 0 Å². The first-order chi connectivity index (χ1) is 14.7. The summed E-state index contributed by atoms with van der Waals surface area (Å²) in [4.78, 5) is 17.1. The van der Waals surface area contributed by atoms with Crippen molar-refractivity contribution in [3.05, 3.63) is 82.9 Å². The van der Waals surface area contributed by atoms with Crippen LogP contribution in [0.4, 0.5) is 0 Å². The first kappa shape index (κ1) is 19.4. The zero-order valence-electron chi connectivity index (χ0n) is 16.0. The summed E-state index contributed by atoms with van der Waals surface area (Å²) in [5, 5.41) is 11.7. The van der Waals surface area contributed by atoms with Gasteiger partial charge in [0.15, 0.2) is 0 Å². The van der Waals surface area contributed by atoms with Crippen molar-refractivity contribution in [3.8, 4) is 33.8 Å². The minimum Gasteiger partial charge on any atom is -0.472 e. The molecule has 0 N–H and O–H groups in total. The maximum absolute atomic E-state index is 11.6. The van der Waals surface area contributed by atoms with Gasteiger partial charge >= 0.3 is 5.97 Å². The lowest BCUT2D eigenvalue weighted by Gasteiger charge is -2.12. The highest BCUT2D eigenvalue weighted by Gasteiger charge is 2.18. The van der Waals surface area contributed by atoms with Crippen LogP contribution in [-0.4, -0.2) is 18.1 Å². The van der Waals surface area contributed by atoms with E-state index < -0.39 is 5.97 Å². The van der Waals surface area contributed by atoms with Gasteiger partial charge in [-0.15, -0.1) is 11.3 Å². The summed E-state index contributed by atoms with van der Waals surface area (Å²) in [5.41, 5.74) is 2.91. The molecule has 0 spiro atoms. The number of methoxy groups -OCH3 is 1. The molecule has 4 rings (SSSR count). The van der Waals surface area contributed by atoms with Crippen molar-refractivity contribution in [2.24, 2.45) is 0 Å². The van der Waals surface area contributed by atoms with Gasteiger partial charge in [-0.1, -0.05) is 18.2 Å². The van der Waals surface area contributed by atoms with Crippen molar-refractivity contribution in [1.29, 1.82) is 5.26 Å². The number of rotatable bonds is 6. The molecule has 30 heavy (non-hydrogen) atoms. The number of esters is 1. The number of nitrogens with zero attached hydrogens (tertiary/aromatic N) is 2. The lowest BCUT2D eigenvalue weighted by Crippen LogP contribution is -2.04. The topological polar surface area (TPSA) is 85.3 Å². The van der Waals surface area contributed by atoms with Crippen LogP contribution in [0.3, 0.4) is 0 Å². The molecule has 0 atom stereocenters. The van der Waals surface area contributed by atoms with E-state index in [1.807, 2.05) is 23.6 Å². The van der Waals surface area contributed by atoms with Gasteiger partial charge in [0, 0.05) is 5.56 Å². The molecule has 0 unspecified atom stereocenters. The molecule has 0 bridgehead atoms. The number of aromatic nitrogens is 1. The van der Waals surface area contributed by atoms with Crippen molar-refractivity contribution >= 4 is 17.3 Å². The molecule has 0 amide bonds. The Kier molecular flexibility index (Phi) is 5.59. The van der Waals surface area contributed by atoms with Crippen molar-refractivity contribution < 1.29 is 18.7 Å². The van der Waals surface area contributed by atoms with E-state index in [1.165, 1.54) is 7.11 Å². The summed E-state index contributed by atoms with van der Waals surface area (Å²) in [6.45, 7) is 0.189. The number of benzene rings is 1. The van der Waals surface area contributed by atoms with Crippen LogP contribution in [0.2, 0.25) is 0 Å². The SMILES string of the molecule is COC(=O)c1ccc(COc2nc(-c3cccs3)cc(-c3ccco3)c2C#N)cc1. The van der Waals surface area contributed by atoms with Crippen molar-refractivity contribution in [2.75, 3.05) is 7.11 Å². The monoisotopic (exact) mass is 416 g/mol. The van der Waals surface area contributed by atoms with Gasteiger partial charge in [-0.25, -0.2) is 9.78 Å². The minimum atomic E-state index is -0.400. The second kappa shape index (κ2) is 8.64. The van der Waals surface area contributed by atoms with Crippen LogP contribution in [0.5, 0.6) is 5.88 Å². The van der Waals surface area contributed by atoms with Gasteiger partial charge < -0.3 is 13.9 Å². The minimum absolute atomic E-state index is 0.189. The molecule has 3 aromatic heterocycles. The number of hydrogen-bond acceptors (Lipinski definition) is 7. The van der Waals surface area contributed by atoms with E-state index in [1.54, 1.807) is 54.0 Å². The number of nitriles is 1. The molecule has 0 aliphatic heterocycles. The van der Waals surface area contributed by atoms with Gasteiger partial charge in [0.05, 0.1) is 29.5 Å². The molecule has 0 aliphatic carbocycles. The lowest BCUT2D eigenvalue weighted by atomic mass is 10.1. The molecule has 1 aromatic carbocycles.